The Labute approximate surface area is 114 Å². The van der Waals surface area contributed by atoms with E-state index in [1.54, 1.807) is 0 Å². The van der Waals surface area contributed by atoms with Gasteiger partial charge in [-0.15, -0.1) is 0 Å². The molecule has 108 valence electrons. The maximum absolute atomic E-state index is 11.9. The lowest BCUT2D eigenvalue weighted by atomic mass is 9.94. The summed E-state index contributed by atoms with van der Waals surface area (Å²) in [6, 6.07) is -0.0112. The Kier molecular flexibility index (Phi) is 3.60. The summed E-state index contributed by atoms with van der Waals surface area (Å²) >= 11 is 0. The lowest BCUT2D eigenvalue weighted by molar-refractivity contribution is -0.111. The fraction of sp³-hybridized carbons (Fsp3) is 0.857. The van der Waals surface area contributed by atoms with Crippen LogP contribution in [-0.2, 0) is 9.53 Å². The molecule has 0 aromatic heterocycles. The van der Waals surface area contributed by atoms with Gasteiger partial charge >= 0.3 is 6.09 Å². The summed E-state index contributed by atoms with van der Waals surface area (Å²) in [6.07, 6.45) is 3.45. The third-order valence-corrected chi connectivity index (χ3v) is 4.08. The smallest absolute Gasteiger partial charge is 0.408 e. The number of alkyl carbamates (subject to hydrolysis) is 1. The van der Waals surface area contributed by atoms with E-state index in [2.05, 4.69) is 10.2 Å². The molecule has 0 unspecified atom stereocenters. The highest BCUT2D eigenvalue weighted by atomic mass is 16.6. The molecular weight excluding hydrogens is 244 g/mol. The summed E-state index contributed by atoms with van der Waals surface area (Å²) in [7, 11) is 1.96. The lowest BCUT2D eigenvalue weighted by Crippen LogP contribution is -2.45. The van der Waals surface area contributed by atoms with Crippen LogP contribution in [0.4, 0.5) is 4.79 Å². The van der Waals surface area contributed by atoms with Crippen LogP contribution in [0.3, 0.4) is 0 Å². The number of aldehydes is 1. The van der Waals surface area contributed by atoms with Crippen LogP contribution in [0.25, 0.3) is 0 Å². The average molecular weight is 268 g/mol. The number of rotatable bonds is 3. The summed E-state index contributed by atoms with van der Waals surface area (Å²) in [5.41, 5.74) is -0.619. The third kappa shape index (κ3) is 3.26. The maximum Gasteiger partial charge on any atom is 0.408 e. The van der Waals surface area contributed by atoms with Crippen molar-refractivity contribution in [1.82, 2.24) is 10.2 Å². The van der Waals surface area contributed by atoms with E-state index in [1.165, 1.54) is 0 Å². The second-order valence-electron chi connectivity index (χ2n) is 6.86. The lowest BCUT2D eigenvalue weighted by Gasteiger charge is -2.27. The predicted molar refractivity (Wildman–Crippen MR) is 71.9 cm³/mol. The van der Waals surface area contributed by atoms with Crippen LogP contribution in [0.2, 0.25) is 0 Å². The number of amides is 1. The van der Waals surface area contributed by atoms with E-state index < -0.39 is 5.60 Å². The second kappa shape index (κ2) is 4.78. The molecule has 1 amide bonds. The number of nitrogens with zero attached hydrogens (tertiary/aromatic N) is 1. The van der Waals surface area contributed by atoms with E-state index in [4.69, 9.17) is 4.74 Å². The fourth-order valence-electron chi connectivity index (χ4n) is 2.87. The van der Waals surface area contributed by atoms with Crippen LogP contribution in [0.5, 0.6) is 0 Å². The van der Waals surface area contributed by atoms with Crippen LogP contribution >= 0.6 is 0 Å². The molecule has 2 rings (SSSR count). The largest absolute Gasteiger partial charge is 0.444 e. The molecule has 0 radical (unpaired) electrons. The van der Waals surface area contributed by atoms with Crippen molar-refractivity contribution in [3.63, 3.8) is 0 Å². The standard InChI is InChI=1S/C14H24N2O3/c1-13(2,3)19-12(18)15-14(5-6-14)10-7-11(9-17)16(4)8-10/h9-11H,5-8H2,1-4H3,(H,15,18)/t10-,11-/m0/s1. The Morgan fingerprint density at radius 2 is 2.05 bits per heavy atom. The minimum atomic E-state index is -0.474. The molecule has 1 aliphatic heterocycles. The van der Waals surface area contributed by atoms with Gasteiger partial charge < -0.3 is 14.8 Å². The van der Waals surface area contributed by atoms with Crippen molar-refractivity contribution in [3.8, 4) is 0 Å². The van der Waals surface area contributed by atoms with Crippen molar-refractivity contribution in [2.75, 3.05) is 13.6 Å². The number of hydrogen-bond donors (Lipinski definition) is 1. The van der Waals surface area contributed by atoms with E-state index in [1.807, 2.05) is 27.8 Å². The van der Waals surface area contributed by atoms with Gasteiger partial charge in [-0.25, -0.2) is 4.79 Å². The number of nitrogens with one attached hydrogen (secondary N) is 1. The zero-order valence-electron chi connectivity index (χ0n) is 12.2. The molecule has 1 N–H and O–H groups in total. The van der Waals surface area contributed by atoms with Crippen molar-refractivity contribution in [1.29, 1.82) is 0 Å². The van der Waals surface area contributed by atoms with E-state index in [0.29, 0.717) is 5.92 Å². The molecule has 1 saturated heterocycles. The first-order valence-corrected chi connectivity index (χ1v) is 6.92. The molecule has 0 spiro atoms. The summed E-state index contributed by atoms with van der Waals surface area (Å²) in [5, 5.41) is 3.03. The van der Waals surface area contributed by atoms with Crippen molar-refractivity contribution in [2.45, 2.75) is 57.2 Å². The third-order valence-electron chi connectivity index (χ3n) is 4.08. The summed E-state index contributed by atoms with van der Waals surface area (Å²) in [6.45, 7) is 6.44. The number of carbonyl (C=O) groups is 2. The molecule has 0 bridgehead atoms. The molecule has 1 aliphatic carbocycles. The molecule has 5 heteroatoms. The van der Waals surface area contributed by atoms with Gasteiger partial charge in [-0.05, 0) is 53.0 Å². The number of hydrogen-bond acceptors (Lipinski definition) is 4. The van der Waals surface area contributed by atoms with Gasteiger partial charge in [-0.1, -0.05) is 0 Å². The molecular formula is C14H24N2O3. The normalized spacial score (nSPS) is 29.9. The first-order valence-electron chi connectivity index (χ1n) is 6.92. The van der Waals surface area contributed by atoms with Gasteiger partial charge in [-0.2, -0.15) is 0 Å². The van der Waals surface area contributed by atoms with Crippen molar-refractivity contribution < 1.29 is 14.3 Å². The van der Waals surface area contributed by atoms with Crippen LogP contribution < -0.4 is 5.32 Å². The molecule has 2 atom stereocenters. The van der Waals surface area contributed by atoms with Gasteiger partial charge in [0.2, 0.25) is 0 Å². The van der Waals surface area contributed by atoms with Crippen LogP contribution in [-0.4, -0.2) is 48.1 Å². The summed E-state index contributed by atoms with van der Waals surface area (Å²) < 4.78 is 5.32. The highest BCUT2D eigenvalue weighted by Crippen LogP contribution is 2.47. The monoisotopic (exact) mass is 268 g/mol. The molecule has 19 heavy (non-hydrogen) atoms. The highest BCUT2D eigenvalue weighted by Gasteiger charge is 2.54. The van der Waals surface area contributed by atoms with Gasteiger partial charge in [0.05, 0.1) is 6.04 Å². The van der Waals surface area contributed by atoms with Gasteiger partial charge in [0.15, 0.2) is 0 Å². The SMILES string of the molecule is CN1C[C@@H](C2(NC(=O)OC(C)(C)C)CC2)C[C@H]1C=O. The predicted octanol–water partition coefficient (Wildman–Crippen LogP) is 1.56. The number of ether oxygens (including phenoxy) is 1. The van der Waals surface area contributed by atoms with E-state index in [0.717, 1.165) is 32.1 Å². The Hall–Kier alpha value is -1.10. The second-order valence-corrected chi connectivity index (χ2v) is 6.86. The van der Waals surface area contributed by atoms with E-state index >= 15 is 0 Å². The molecule has 0 aromatic rings. The molecule has 1 saturated carbocycles. The first kappa shape index (κ1) is 14.3. The number of likely N-dealkylation sites (tertiary alicyclic amines) is 1. The fourth-order valence-corrected chi connectivity index (χ4v) is 2.87. The van der Waals surface area contributed by atoms with Crippen LogP contribution in [0, 0.1) is 5.92 Å². The minimum Gasteiger partial charge on any atom is -0.444 e. The van der Waals surface area contributed by atoms with Crippen LogP contribution in [0.1, 0.15) is 40.0 Å². The molecule has 0 aromatic carbocycles. The van der Waals surface area contributed by atoms with E-state index in [-0.39, 0.29) is 17.7 Å². The average Bonchev–Trinajstić information content (AvgIpc) is 2.91. The molecule has 1 heterocycles. The Morgan fingerprint density at radius 3 is 2.47 bits per heavy atom. The maximum atomic E-state index is 11.9. The van der Waals surface area contributed by atoms with Crippen molar-refractivity contribution in [3.05, 3.63) is 0 Å². The van der Waals surface area contributed by atoms with Gasteiger partial charge in [0, 0.05) is 12.1 Å². The quantitative estimate of drug-likeness (QED) is 0.789. The minimum absolute atomic E-state index is 0.0112. The van der Waals surface area contributed by atoms with Crippen molar-refractivity contribution >= 4 is 12.4 Å². The summed E-state index contributed by atoms with van der Waals surface area (Å²) in [5.74, 6) is 0.347. The van der Waals surface area contributed by atoms with Gasteiger partial charge in [-0.3, -0.25) is 4.90 Å². The topological polar surface area (TPSA) is 58.6 Å². The zero-order valence-corrected chi connectivity index (χ0v) is 12.2. The Morgan fingerprint density at radius 1 is 1.42 bits per heavy atom. The molecule has 2 fully saturated rings. The Bertz CT molecular complexity index is 371. The van der Waals surface area contributed by atoms with Gasteiger partial charge in [0.1, 0.15) is 11.9 Å². The zero-order chi connectivity index (χ0) is 14.3. The Balaban J connectivity index is 1.93. The van der Waals surface area contributed by atoms with E-state index in [9.17, 15) is 9.59 Å². The molecule has 5 nitrogen and oxygen atoms in total. The molecule has 2 aliphatic rings. The summed E-state index contributed by atoms with van der Waals surface area (Å²) in [4.78, 5) is 24.9. The van der Waals surface area contributed by atoms with Crippen molar-refractivity contribution in [2.24, 2.45) is 5.92 Å². The number of carbonyl (C=O) groups excluding carboxylic acids is 2. The highest BCUT2D eigenvalue weighted by molar-refractivity contribution is 5.69. The first-order chi connectivity index (χ1) is 8.76. The van der Waals surface area contributed by atoms with Crippen LogP contribution in [0.15, 0.2) is 0 Å². The van der Waals surface area contributed by atoms with Gasteiger partial charge in [0.25, 0.3) is 0 Å². The number of likely N-dealkylation sites (N-methyl/N-ethyl adjacent to an activating group) is 1.